The van der Waals surface area contributed by atoms with Crippen molar-refractivity contribution in [2.45, 2.75) is 24.3 Å². The maximum Gasteiger partial charge on any atom is 0.246 e. The first kappa shape index (κ1) is 15.4. The molecule has 0 saturated heterocycles. The largest absolute Gasteiger partial charge is 0.394 e. The van der Waals surface area contributed by atoms with Crippen LogP contribution in [0.25, 0.3) is 0 Å². The fraction of sp³-hybridized carbons (Fsp3) is 0.750. The van der Waals surface area contributed by atoms with Gasteiger partial charge in [0.2, 0.25) is 10.0 Å². The fourth-order valence-electron chi connectivity index (χ4n) is 1.73. The third-order valence-corrected chi connectivity index (χ3v) is 5.06. The second-order valence-corrected chi connectivity index (χ2v) is 7.05. The third-order valence-electron chi connectivity index (χ3n) is 3.25. The lowest BCUT2D eigenvalue weighted by atomic mass is 10.5. The Morgan fingerprint density at radius 3 is 2.95 bits per heavy atom. The van der Waals surface area contributed by atoms with Gasteiger partial charge in [0.1, 0.15) is 4.90 Å². The molecule has 1 aromatic rings. The smallest absolute Gasteiger partial charge is 0.246 e. The Kier molecular flexibility index (Phi) is 5.14. The molecular weight excluding hydrogens is 282 g/mol. The SMILES string of the molecule is CN(CCOCC1CC1)S(=O)(=O)c1cnn(CCO)c1. The van der Waals surface area contributed by atoms with Crippen molar-refractivity contribution in [1.82, 2.24) is 14.1 Å². The van der Waals surface area contributed by atoms with Crippen LogP contribution in [0.15, 0.2) is 17.3 Å². The Hall–Kier alpha value is -0.960. The first-order chi connectivity index (χ1) is 9.54. The molecule has 20 heavy (non-hydrogen) atoms. The lowest BCUT2D eigenvalue weighted by molar-refractivity contribution is 0.117. The maximum absolute atomic E-state index is 12.2. The fourth-order valence-corrected chi connectivity index (χ4v) is 2.84. The van der Waals surface area contributed by atoms with Crippen LogP contribution in [0.1, 0.15) is 12.8 Å². The highest BCUT2D eigenvalue weighted by Gasteiger charge is 2.24. The quantitative estimate of drug-likeness (QED) is 0.645. The lowest BCUT2D eigenvalue weighted by Gasteiger charge is -2.15. The molecule has 0 spiro atoms. The molecular formula is C12H21N3O4S. The van der Waals surface area contributed by atoms with E-state index in [2.05, 4.69) is 5.10 Å². The standard InChI is InChI=1S/C12H21N3O4S/c1-14(5-7-19-10-11-2-3-11)20(17,18)12-8-13-15(9-12)4-6-16/h8-9,11,16H,2-7,10H2,1H3. The average molecular weight is 303 g/mol. The number of likely N-dealkylation sites (N-methyl/N-ethyl adjacent to an activating group) is 1. The second kappa shape index (κ2) is 6.66. The summed E-state index contributed by atoms with van der Waals surface area (Å²) in [7, 11) is -2.01. The van der Waals surface area contributed by atoms with E-state index in [-0.39, 0.29) is 18.0 Å². The second-order valence-electron chi connectivity index (χ2n) is 5.01. The topological polar surface area (TPSA) is 84.7 Å². The molecule has 1 saturated carbocycles. The Morgan fingerprint density at radius 1 is 1.55 bits per heavy atom. The molecule has 114 valence electrons. The van der Waals surface area contributed by atoms with Crippen molar-refractivity contribution >= 4 is 10.0 Å². The molecule has 1 heterocycles. The van der Waals surface area contributed by atoms with Gasteiger partial charge < -0.3 is 9.84 Å². The molecule has 7 nitrogen and oxygen atoms in total. The van der Waals surface area contributed by atoms with Gasteiger partial charge in [-0.3, -0.25) is 4.68 Å². The number of rotatable bonds is 9. The Balaban J connectivity index is 1.86. The van der Waals surface area contributed by atoms with Crippen LogP contribution in [0.4, 0.5) is 0 Å². The summed E-state index contributed by atoms with van der Waals surface area (Å²) in [5.41, 5.74) is 0. The minimum absolute atomic E-state index is 0.0774. The summed E-state index contributed by atoms with van der Waals surface area (Å²) in [4.78, 5) is 0.135. The van der Waals surface area contributed by atoms with Crippen molar-refractivity contribution < 1.29 is 18.3 Å². The summed E-state index contributed by atoms with van der Waals surface area (Å²) >= 11 is 0. The number of hydrogen-bond donors (Lipinski definition) is 1. The van der Waals surface area contributed by atoms with Gasteiger partial charge in [-0.15, -0.1) is 0 Å². The van der Waals surface area contributed by atoms with Crippen molar-refractivity contribution in [2.75, 3.05) is 33.4 Å². The van der Waals surface area contributed by atoms with Gasteiger partial charge in [0.25, 0.3) is 0 Å². The van der Waals surface area contributed by atoms with Crippen molar-refractivity contribution in [3.63, 3.8) is 0 Å². The van der Waals surface area contributed by atoms with E-state index in [1.54, 1.807) is 0 Å². The van der Waals surface area contributed by atoms with Crippen LogP contribution in [0.3, 0.4) is 0 Å². The Bertz CT molecular complexity index is 525. The van der Waals surface area contributed by atoms with Crippen LogP contribution in [0, 0.1) is 5.92 Å². The molecule has 1 fully saturated rings. The van der Waals surface area contributed by atoms with E-state index in [1.807, 2.05) is 0 Å². The van der Waals surface area contributed by atoms with Gasteiger partial charge in [-0.2, -0.15) is 9.40 Å². The van der Waals surface area contributed by atoms with Crippen molar-refractivity contribution in [2.24, 2.45) is 5.92 Å². The Labute approximate surface area is 119 Å². The summed E-state index contributed by atoms with van der Waals surface area (Å²) < 4.78 is 32.6. The number of aliphatic hydroxyl groups excluding tert-OH is 1. The molecule has 0 aromatic carbocycles. The highest BCUT2D eigenvalue weighted by molar-refractivity contribution is 7.89. The van der Waals surface area contributed by atoms with Crippen molar-refractivity contribution in [1.29, 1.82) is 0 Å². The molecule has 0 unspecified atom stereocenters. The van der Waals surface area contributed by atoms with Crippen LogP contribution < -0.4 is 0 Å². The molecule has 1 aliphatic carbocycles. The van der Waals surface area contributed by atoms with Crippen LogP contribution >= 0.6 is 0 Å². The van der Waals surface area contributed by atoms with Crippen molar-refractivity contribution in [3.8, 4) is 0 Å². The highest BCUT2D eigenvalue weighted by atomic mass is 32.2. The van der Waals surface area contributed by atoms with Crippen LogP contribution in [0.2, 0.25) is 0 Å². The first-order valence-electron chi connectivity index (χ1n) is 6.71. The van der Waals surface area contributed by atoms with Gasteiger partial charge >= 0.3 is 0 Å². The zero-order valence-corrected chi connectivity index (χ0v) is 12.4. The predicted molar refractivity (Wildman–Crippen MR) is 72.7 cm³/mol. The number of ether oxygens (including phenoxy) is 1. The van der Waals surface area contributed by atoms with Gasteiger partial charge in [0.05, 0.1) is 26.0 Å². The van der Waals surface area contributed by atoms with Gasteiger partial charge in [-0.25, -0.2) is 8.42 Å². The molecule has 8 heteroatoms. The summed E-state index contributed by atoms with van der Waals surface area (Å²) in [6.45, 7) is 1.65. The number of nitrogens with zero attached hydrogens (tertiary/aromatic N) is 3. The zero-order valence-electron chi connectivity index (χ0n) is 11.6. The highest BCUT2D eigenvalue weighted by Crippen LogP contribution is 2.28. The number of aromatic nitrogens is 2. The molecule has 1 aliphatic rings. The van der Waals surface area contributed by atoms with E-state index >= 15 is 0 Å². The minimum Gasteiger partial charge on any atom is -0.394 e. The van der Waals surface area contributed by atoms with Gasteiger partial charge in [0.15, 0.2) is 0 Å². The average Bonchev–Trinajstić information content (AvgIpc) is 3.11. The lowest BCUT2D eigenvalue weighted by Crippen LogP contribution is -2.30. The molecule has 0 amide bonds. The van der Waals surface area contributed by atoms with E-state index in [0.29, 0.717) is 19.1 Å². The van der Waals surface area contributed by atoms with E-state index in [9.17, 15) is 8.42 Å². The summed E-state index contributed by atoms with van der Waals surface area (Å²) in [5, 5.41) is 12.7. The first-order valence-corrected chi connectivity index (χ1v) is 8.15. The molecule has 1 aromatic heterocycles. The minimum atomic E-state index is -3.53. The third kappa shape index (κ3) is 4.02. The van der Waals surface area contributed by atoms with Crippen LogP contribution in [0.5, 0.6) is 0 Å². The maximum atomic E-state index is 12.2. The molecule has 2 rings (SSSR count). The normalized spacial score (nSPS) is 15.9. The van der Waals surface area contributed by atoms with Crippen molar-refractivity contribution in [3.05, 3.63) is 12.4 Å². The van der Waals surface area contributed by atoms with Gasteiger partial charge in [0, 0.05) is 26.4 Å². The van der Waals surface area contributed by atoms with Gasteiger partial charge in [-0.1, -0.05) is 0 Å². The van der Waals surface area contributed by atoms with E-state index in [0.717, 1.165) is 6.61 Å². The van der Waals surface area contributed by atoms with E-state index in [1.165, 1.54) is 41.3 Å². The number of hydrogen-bond acceptors (Lipinski definition) is 5. The number of sulfonamides is 1. The van der Waals surface area contributed by atoms with E-state index < -0.39 is 10.0 Å². The Morgan fingerprint density at radius 2 is 2.30 bits per heavy atom. The molecule has 0 atom stereocenters. The molecule has 0 radical (unpaired) electrons. The summed E-state index contributed by atoms with van der Waals surface area (Å²) in [6.07, 6.45) is 5.16. The van der Waals surface area contributed by atoms with E-state index in [4.69, 9.17) is 9.84 Å². The predicted octanol–water partition coefficient (Wildman–Crippen LogP) is -0.0775. The van der Waals surface area contributed by atoms with Crippen LogP contribution in [-0.2, 0) is 21.3 Å². The molecule has 1 N–H and O–H groups in total. The monoisotopic (exact) mass is 303 g/mol. The molecule has 0 aliphatic heterocycles. The van der Waals surface area contributed by atoms with Crippen LogP contribution in [-0.4, -0.2) is 61.0 Å². The summed E-state index contributed by atoms with van der Waals surface area (Å²) in [5.74, 6) is 0.675. The zero-order chi connectivity index (χ0) is 14.6. The number of aliphatic hydroxyl groups is 1. The summed E-state index contributed by atoms with van der Waals surface area (Å²) in [6, 6.07) is 0. The van der Waals surface area contributed by atoms with Gasteiger partial charge in [-0.05, 0) is 18.8 Å². The molecule has 0 bridgehead atoms.